The van der Waals surface area contributed by atoms with Gasteiger partial charge in [0, 0.05) is 6.04 Å². The van der Waals surface area contributed by atoms with Gasteiger partial charge < -0.3 is 45.4 Å². The van der Waals surface area contributed by atoms with Crippen molar-refractivity contribution >= 4 is 0 Å². The second kappa shape index (κ2) is 8.99. The number of rotatable bonds is 5. The lowest BCUT2D eigenvalue weighted by Gasteiger charge is -2.39. The van der Waals surface area contributed by atoms with Gasteiger partial charge >= 0.3 is 0 Å². The Labute approximate surface area is 179 Å². The van der Waals surface area contributed by atoms with Crippen LogP contribution in [0.3, 0.4) is 0 Å². The monoisotopic (exact) mass is 433 g/mol. The zero-order valence-electron chi connectivity index (χ0n) is 16.8. The molecule has 0 amide bonds. The topological polar surface area (TPSA) is 152 Å². The average molecular weight is 433 g/mol. The van der Waals surface area contributed by atoms with Crippen LogP contribution in [0.15, 0.2) is 36.4 Å². The highest BCUT2D eigenvalue weighted by molar-refractivity contribution is 5.48. The number of fused-ring (bicyclic) bond motifs is 1. The van der Waals surface area contributed by atoms with E-state index in [1.807, 2.05) is 12.1 Å². The minimum Gasteiger partial charge on any atom is -0.504 e. The van der Waals surface area contributed by atoms with Gasteiger partial charge in [-0.2, -0.15) is 0 Å². The minimum absolute atomic E-state index is 0.0209. The standard InChI is InChI=1S/C22H27NO8/c24-10-18-19(27)20(28)21(29)22(31-18)30-13-3-1-11(2-4-13)7-15-14-9-17(26)16(25)8-12(14)5-6-23-15/h1-4,8-9,15,18-29H,5-7,10H2/t15-,18-,19-,20+,21-,22-/m1/s1. The number of aliphatic hydroxyl groups excluding tert-OH is 4. The highest BCUT2D eigenvalue weighted by atomic mass is 16.7. The first-order valence-corrected chi connectivity index (χ1v) is 10.2. The van der Waals surface area contributed by atoms with Crippen molar-refractivity contribution in [1.29, 1.82) is 0 Å². The van der Waals surface area contributed by atoms with Crippen LogP contribution in [-0.2, 0) is 17.6 Å². The maximum Gasteiger partial charge on any atom is 0.229 e. The van der Waals surface area contributed by atoms with E-state index >= 15 is 0 Å². The van der Waals surface area contributed by atoms with Gasteiger partial charge in [-0.05, 0) is 60.3 Å². The molecule has 2 aromatic rings. The van der Waals surface area contributed by atoms with Crippen molar-refractivity contribution < 1.29 is 40.1 Å². The van der Waals surface area contributed by atoms with Crippen LogP contribution in [0.1, 0.15) is 22.7 Å². The van der Waals surface area contributed by atoms with Gasteiger partial charge in [0.15, 0.2) is 11.5 Å². The third-order valence-corrected chi connectivity index (χ3v) is 5.86. The van der Waals surface area contributed by atoms with Gasteiger partial charge in [0.2, 0.25) is 6.29 Å². The molecule has 31 heavy (non-hydrogen) atoms. The molecule has 2 aromatic carbocycles. The first-order chi connectivity index (χ1) is 14.9. The van der Waals surface area contributed by atoms with Crippen LogP contribution in [0.25, 0.3) is 0 Å². The summed E-state index contributed by atoms with van der Waals surface area (Å²) >= 11 is 0. The molecule has 1 saturated heterocycles. The van der Waals surface area contributed by atoms with Gasteiger partial charge in [0.05, 0.1) is 6.61 Å². The Balaban J connectivity index is 1.43. The Bertz CT molecular complexity index is 903. The van der Waals surface area contributed by atoms with Crippen molar-refractivity contribution in [1.82, 2.24) is 5.32 Å². The number of ether oxygens (including phenoxy) is 2. The molecule has 0 unspecified atom stereocenters. The van der Waals surface area contributed by atoms with Gasteiger partial charge in [-0.3, -0.25) is 0 Å². The summed E-state index contributed by atoms with van der Waals surface area (Å²) in [6, 6.07) is 10.3. The van der Waals surface area contributed by atoms with Crippen LogP contribution in [0.4, 0.5) is 0 Å². The van der Waals surface area contributed by atoms with Crippen molar-refractivity contribution in [3.63, 3.8) is 0 Å². The molecular weight excluding hydrogens is 406 g/mol. The first-order valence-electron chi connectivity index (χ1n) is 10.2. The number of aromatic hydroxyl groups is 2. The van der Waals surface area contributed by atoms with Crippen LogP contribution < -0.4 is 10.1 Å². The molecule has 0 bridgehead atoms. The second-order valence-electron chi connectivity index (χ2n) is 7.96. The molecular formula is C22H27NO8. The summed E-state index contributed by atoms with van der Waals surface area (Å²) in [5, 5.41) is 62.1. The largest absolute Gasteiger partial charge is 0.504 e. The summed E-state index contributed by atoms with van der Waals surface area (Å²) in [5.74, 6) is 0.137. The molecule has 1 fully saturated rings. The summed E-state index contributed by atoms with van der Waals surface area (Å²) in [7, 11) is 0. The van der Waals surface area contributed by atoms with Crippen molar-refractivity contribution in [3.05, 3.63) is 53.1 Å². The maximum absolute atomic E-state index is 10.1. The van der Waals surface area contributed by atoms with E-state index in [4.69, 9.17) is 9.47 Å². The quantitative estimate of drug-likeness (QED) is 0.315. The van der Waals surface area contributed by atoms with Crippen LogP contribution in [0, 0.1) is 0 Å². The molecule has 0 aromatic heterocycles. The maximum atomic E-state index is 10.1. The summed E-state index contributed by atoms with van der Waals surface area (Å²) in [4.78, 5) is 0. The molecule has 2 aliphatic rings. The fraction of sp³-hybridized carbons (Fsp3) is 0.455. The lowest BCUT2D eigenvalue weighted by molar-refractivity contribution is -0.277. The van der Waals surface area contributed by atoms with Crippen molar-refractivity contribution in [2.45, 2.75) is 49.6 Å². The van der Waals surface area contributed by atoms with E-state index in [-0.39, 0.29) is 17.5 Å². The van der Waals surface area contributed by atoms with Crippen LogP contribution in [0.5, 0.6) is 17.2 Å². The number of hydrogen-bond donors (Lipinski definition) is 7. The Hall–Kier alpha value is -2.40. The normalized spacial score (nSPS) is 30.6. The smallest absolute Gasteiger partial charge is 0.229 e. The molecule has 0 radical (unpaired) electrons. The molecule has 2 heterocycles. The van der Waals surface area contributed by atoms with Gasteiger partial charge in [-0.1, -0.05) is 12.1 Å². The third kappa shape index (κ3) is 4.47. The van der Waals surface area contributed by atoms with Crippen molar-refractivity contribution in [2.24, 2.45) is 0 Å². The molecule has 7 N–H and O–H groups in total. The van der Waals surface area contributed by atoms with E-state index in [1.165, 1.54) is 0 Å². The highest BCUT2D eigenvalue weighted by Crippen LogP contribution is 2.35. The molecule has 168 valence electrons. The lowest BCUT2D eigenvalue weighted by atomic mass is 9.90. The predicted molar refractivity (Wildman–Crippen MR) is 109 cm³/mol. The van der Waals surface area contributed by atoms with Crippen LogP contribution in [-0.4, -0.2) is 74.5 Å². The third-order valence-electron chi connectivity index (χ3n) is 5.86. The van der Waals surface area contributed by atoms with E-state index in [9.17, 15) is 30.6 Å². The van der Waals surface area contributed by atoms with E-state index < -0.39 is 37.3 Å². The van der Waals surface area contributed by atoms with E-state index in [0.717, 1.165) is 29.7 Å². The van der Waals surface area contributed by atoms with E-state index in [0.29, 0.717) is 12.2 Å². The molecule has 0 spiro atoms. The van der Waals surface area contributed by atoms with Crippen molar-refractivity contribution in [2.75, 3.05) is 13.2 Å². The molecule has 4 rings (SSSR count). The molecule has 9 heteroatoms. The Kier molecular flexibility index (Phi) is 6.33. The van der Waals surface area contributed by atoms with E-state index in [2.05, 4.69) is 5.32 Å². The Morgan fingerprint density at radius 2 is 1.68 bits per heavy atom. The number of phenolic OH excluding ortho intramolecular Hbond substituents is 2. The molecule has 9 nitrogen and oxygen atoms in total. The molecule has 0 aliphatic carbocycles. The number of nitrogens with one attached hydrogen (secondary N) is 1. The van der Waals surface area contributed by atoms with Gasteiger partial charge in [-0.15, -0.1) is 0 Å². The molecule has 2 aliphatic heterocycles. The highest BCUT2D eigenvalue weighted by Gasteiger charge is 2.44. The summed E-state index contributed by atoms with van der Waals surface area (Å²) in [5.41, 5.74) is 2.95. The van der Waals surface area contributed by atoms with Gasteiger partial charge in [-0.25, -0.2) is 0 Å². The lowest BCUT2D eigenvalue weighted by Crippen LogP contribution is -2.60. The van der Waals surface area contributed by atoms with E-state index in [1.54, 1.807) is 24.3 Å². The fourth-order valence-electron chi connectivity index (χ4n) is 4.09. The number of phenols is 2. The predicted octanol–water partition coefficient (Wildman–Crippen LogP) is -0.294. The fourth-order valence-corrected chi connectivity index (χ4v) is 4.09. The zero-order chi connectivity index (χ0) is 22.1. The molecule has 0 saturated carbocycles. The Morgan fingerprint density at radius 1 is 0.968 bits per heavy atom. The van der Waals surface area contributed by atoms with Gasteiger partial charge in [0.1, 0.15) is 30.2 Å². The first kappa shape index (κ1) is 21.8. The second-order valence-corrected chi connectivity index (χ2v) is 7.96. The molecule has 6 atom stereocenters. The summed E-state index contributed by atoms with van der Waals surface area (Å²) in [6.45, 7) is 0.243. The number of aliphatic hydroxyl groups is 4. The minimum atomic E-state index is -1.50. The number of benzene rings is 2. The summed E-state index contributed by atoms with van der Waals surface area (Å²) in [6.07, 6.45) is -5.24. The van der Waals surface area contributed by atoms with Gasteiger partial charge in [0.25, 0.3) is 0 Å². The van der Waals surface area contributed by atoms with Crippen molar-refractivity contribution in [3.8, 4) is 17.2 Å². The zero-order valence-corrected chi connectivity index (χ0v) is 16.8. The van der Waals surface area contributed by atoms with Crippen LogP contribution in [0.2, 0.25) is 0 Å². The average Bonchev–Trinajstić information content (AvgIpc) is 2.76. The Morgan fingerprint density at radius 3 is 2.39 bits per heavy atom. The summed E-state index contributed by atoms with van der Waals surface area (Å²) < 4.78 is 11.0. The van der Waals surface area contributed by atoms with Crippen LogP contribution >= 0.6 is 0 Å². The SMILES string of the molecule is OC[C@H]1O[C@@H](Oc2ccc(C[C@H]3NCCc4cc(O)c(O)cc43)cc2)[C@H](O)[C@@H](O)[C@@H]1O. The number of hydrogen-bond acceptors (Lipinski definition) is 9.